The van der Waals surface area contributed by atoms with E-state index in [2.05, 4.69) is 5.32 Å². The molecule has 1 aliphatic rings. The lowest BCUT2D eigenvalue weighted by Gasteiger charge is -2.39. The Labute approximate surface area is 181 Å². The Morgan fingerprint density at radius 3 is 2.47 bits per heavy atom. The molecule has 0 heterocycles. The molecule has 2 aromatic rings. The number of anilines is 1. The summed E-state index contributed by atoms with van der Waals surface area (Å²) in [6.45, 7) is 4.31. The lowest BCUT2D eigenvalue weighted by atomic mass is 9.64. The summed E-state index contributed by atoms with van der Waals surface area (Å²) < 4.78 is 16.4. The van der Waals surface area contributed by atoms with Gasteiger partial charge in [0.05, 0.1) is 24.3 Å². The number of amides is 1. The van der Waals surface area contributed by atoms with Crippen LogP contribution in [0, 0.1) is 0 Å². The second-order valence-electron chi connectivity index (χ2n) is 7.09. The van der Waals surface area contributed by atoms with Gasteiger partial charge in [0.2, 0.25) is 0 Å². The van der Waals surface area contributed by atoms with Crippen LogP contribution < -0.4 is 14.8 Å². The largest absolute Gasteiger partial charge is 0.494 e. The van der Waals surface area contributed by atoms with Gasteiger partial charge in [-0.3, -0.25) is 9.59 Å². The van der Waals surface area contributed by atoms with E-state index in [1.165, 1.54) is 0 Å². The Morgan fingerprint density at radius 1 is 1.07 bits per heavy atom. The average Bonchev–Trinajstić information content (AvgIpc) is 2.68. The first-order chi connectivity index (χ1) is 14.5. The van der Waals surface area contributed by atoms with Gasteiger partial charge >= 0.3 is 5.97 Å². The molecular weight excluding hydrogens is 406 g/mol. The molecule has 2 aromatic carbocycles. The second-order valence-corrected chi connectivity index (χ2v) is 7.53. The quantitative estimate of drug-likeness (QED) is 0.580. The molecule has 0 atom stereocenters. The van der Waals surface area contributed by atoms with Gasteiger partial charge in [0.25, 0.3) is 5.91 Å². The lowest BCUT2D eigenvalue weighted by molar-refractivity contribution is -0.156. The highest BCUT2D eigenvalue weighted by Crippen LogP contribution is 2.45. The van der Waals surface area contributed by atoms with Crippen LogP contribution in [-0.2, 0) is 19.7 Å². The number of halogens is 1. The molecule has 1 aliphatic carbocycles. The molecule has 0 aliphatic heterocycles. The third kappa shape index (κ3) is 4.87. The Balaban J connectivity index is 1.65. The molecule has 1 amide bonds. The molecule has 1 saturated carbocycles. The van der Waals surface area contributed by atoms with Gasteiger partial charge in [-0.25, -0.2) is 0 Å². The van der Waals surface area contributed by atoms with Crippen molar-refractivity contribution >= 4 is 29.2 Å². The number of benzene rings is 2. The van der Waals surface area contributed by atoms with Crippen LogP contribution in [0.15, 0.2) is 42.5 Å². The zero-order chi connectivity index (χ0) is 21.6. The molecule has 0 unspecified atom stereocenters. The van der Waals surface area contributed by atoms with Gasteiger partial charge in [0.1, 0.15) is 11.5 Å². The zero-order valence-corrected chi connectivity index (χ0v) is 18.0. The van der Waals surface area contributed by atoms with E-state index < -0.39 is 17.3 Å². The van der Waals surface area contributed by atoms with Crippen LogP contribution in [-0.4, -0.2) is 31.7 Å². The fraction of sp³-hybridized carbons (Fsp3) is 0.391. The fourth-order valence-electron chi connectivity index (χ4n) is 3.53. The van der Waals surface area contributed by atoms with Crippen molar-refractivity contribution in [2.24, 2.45) is 0 Å². The standard InChI is InChI=1S/C23H26ClNO5/c1-3-28-18-9-10-20(29-4-2)19(14-18)25-21(26)15-30-22(27)23(11-6-12-23)16-7-5-8-17(24)13-16/h5,7-10,13-14H,3-4,6,11-12,15H2,1-2H3,(H,25,26). The maximum atomic E-state index is 12.8. The number of hydrogen-bond acceptors (Lipinski definition) is 5. The van der Waals surface area contributed by atoms with Crippen molar-refractivity contribution in [3.8, 4) is 11.5 Å². The molecular formula is C23H26ClNO5. The molecule has 1 N–H and O–H groups in total. The van der Waals surface area contributed by atoms with Crippen molar-refractivity contribution < 1.29 is 23.8 Å². The number of carbonyl (C=O) groups is 2. The highest BCUT2D eigenvalue weighted by atomic mass is 35.5. The fourth-order valence-corrected chi connectivity index (χ4v) is 3.72. The van der Waals surface area contributed by atoms with E-state index in [-0.39, 0.29) is 6.61 Å². The van der Waals surface area contributed by atoms with Gasteiger partial charge in [0.15, 0.2) is 6.61 Å². The third-order valence-electron chi connectivity index (χ3n) is 5.15. The maximum absolute atomic E-state index is 12.8. The monoisotopic (exact) mass is 431 g/mol. The molecule has 3 rings (SSSR count). The second kappa shape index (κ2) is 9.85. The van der Waals surface area contributed by atoms with Crippen LogP contribution in [0.4, 0.5) is 5.69 Å². The molecule has 0 aromatic heterocycles. The van der Waals surface area contributed by atoms with Crippen molar-refractivity contribution in [2.45, 2.75) is 38.5 Å². The molecule has 0 saturated heterocycles. The third-order valence-corrected chi connectivity index (χ3v) is 5.38. The summed E-state index contributed by atoms with van der Waals surface area (Å²) >= 11 is 6.09. The minimum Gasteiger partial charge on any atom is -0.494 e. The summed E-state index contributed by atoms with van der Waals surface area (Å²) in [5, 5.41) is 3.31. The number of nitrogens with one attached hydrogen (secondary N) is 1. The number of rotatable bonds is 9. The summed E-state index contributed by atoms with van der Waals surface area (Å²) in [5.41, 5.74) is 0.572. The van der Waals surface area contributed by atoms with E-state index in [4.69, 9.17) is 25.8 Å². The van der Waals surface area contributed by atoms with E-state index >= 15 is 0 Å². The van der Waals surface area contributed by atoms with Crippen LogP contribution in [0.1, 0.15) is 38.7 Å². The lowest BCUT2D eigenvalue weighted by Crippen LogP contribution is -2.44. The highest BCUT2D eigenvalue weighted by molar-refractivity contribution is 6.30. The zero-order valence-electron chi connectivity index (χ0n) is 17.2. The number of carbonyl (C=O) groups excluding carboxylic acids is 2. The summed E-state index contributed by atoms with van der Waals surface area (Å²) in [6.07, 6.45) is 2.28. The first kappa shape index (κ1) is 22.0. The summed E-state index contributed by atoms with van der Waals surface area (Å²) in [7, 11) is 0. The predicted molar refractivity (Wildman–Crippen MR) is 115 cm³/mol. The number of ether oxygens (including phenoxy) is 3. The molecule has 7 heteroatoms. The minimum atomic E-state index is -0.726. The van der Waals surface area contributed by atoms with E-state index in [0.29, 0.717) is 48.3 Å². The smallest absolute Gasteiger partial charge is 0.317 e. The molecule has 1 fully saturated rings. The Morgan fingerprint density at radius 2 is 1.83 bits per heavy atom. The van der Waals surface area contributed by atoms with Crippen molar-refractivity contribution in [1.82, 2.24) is 0 Å². The van der Waals surface area contributed by atoms with E-state index in [0.717, 1.165) is 12.0 Å². The Hall–Kier alpha value is -2.73. The van der Waals surface area contributed by atoms with E-state index in [1.807, 2.05) is 26.0 Å². The summed E-state index contributed by atoms with van der Waals surface area (Å²) in [5.74, 6) is 0.287. The summed E-state index contributed by atoms with van der Waals surface area (Å²) in [6, 6.07) is 12.4. The normalized spacial score (nSPS) is 14.4. The van der Waals surface area contributed by atoms with Crippen LogP contribution in [0.25, 0.3) is 0 Å². The van der Waals surface area contributed by atoms with Crippen molar-refractivity contribution in [3.05, 3.63) is 53.1 Å². The molecule has 160 valence electrons. The summed E-state index contributed by atoms with van der Waals surface area (Å²) in [4.78, 5) is 25.3. The van der Waals surface area contributed by atoms with Crippen molar-refractivity contribution in [1.29, 1.82) is 0 Å². The Kier molecular flexibility index (Phi) is 7.21. The van der Waals surface area contributed by atoms with E-state index in [9.17, 15) is 9.59 Å². The van der Waals surface area contributed by atoms with Crippen LogP contribution in [0.2, 0.25) is 5.02 Å². The van der Waals surface area contributed by atoms with Gasteiger partial charge in [-0.05, 0) is 56.5 Å². The van der Waals surface area contributed by atoms with Crippen LogP contribution in [0.3, 0.4) is 0 Å². The SMILES string of the molecule is CCOc1ccc(OCC)c(NC(=O)COC(=O)C2(c3cccc(Cl)c3)CCC2)c1. The molecule has 0 spiro atoms. The number of esters is 1. The molecule has 6 nitrogen and oxygen atoms in total. The van der Waals surface area contributed by atoms with E-state index in [1.54, 1.807) is 30.3 Å². The number of hydrogen-bond donors (Lipinski definition) is 1. The topological polar surface area (TPSA) is 73.9 Å². The predicted octanol–water partition coefficient (Wildman–Crippen LogP) is 4.74. The minimum absolute atomic E-state index is 0.383. The van der Waals surface area contributed by atoms with Crippen molar-refractivity contribution in [2.75, 3.05) is 25.1 Å². The first-order valence-corrected chi connectivity index (χ1v) is 10.5. The first-order valence-electron chi connectivity index (χ1n) is 10.1. The molecule has 30 heavy (non-hydrogen) atoms. The average molecular weight is 432 g/mol. The van der Waals surface area contributed by atoms with Gasteiger partial charge in [-0.1, -0.05) is 30.2 Å². The maximum Gasteiger partial charge on any atom is 0.317 e. The van der Waals surface area contributed by atoms with Crippen LogP contribution in [0.5, 0.6) is 11.5 Å². The van der Waals surface area contributed by atoms with Gasteiger partial charge in [0, 0.05) is 11.1 Å². The van der Waals surface area contributed by atoms with Crippen molar-refractivity contribution in [3.63, 3.8) is 0 Å². The highest BCUT2D eigenvalue weighted by Gasteiger charge is 2.47. The van der Waals surface area contributed by atoms with Gasteiger partial charge < -0.3 is 19.5 Å². The van der Waals surface area contributed by atoms with Gasteiger partial charge in [-0.15, -0.1) is 0 Å². The molecule has 0 bridgehead atoms. The Bertz CT molecular complexity index is 910. The van der Waals surface area contributed by atoms with Crippen LogP contribution >= 0.6 is 11.6 Å². The van der Waals surface area contributed by atoms with Gasteiger partial charge in [-0.2, -0.15) is 0 Å². The molecule has 0 radical (unpaired) electrons.